The predicted octanol–water partition coefficient (Wildman–Crippen LogP) is 1.62. The topological polar surface area (TPSA) is 69.6 Å². The molecule has 1 aliphatic carbocycles. The Labute approximate surface area is 120 Å². The first-order valence-electron chi connectivity index (χ1n) is 7.89. The number of nitrogens with zero attached hydrogens (tertiary/aromatic N) is 1. The van der Waals surface area contributed by atoms with Crippen LogP contribution < -0.4 is 5.32 Å². The normalized spacial score (nSPS) is 21.0. The summed E-state index contributed by atoms with van der Waals surface area (Å²) in [5.74, 6) is -0.236. The second-order valence-corrected chi connectivity index (χ2v) is 6.09. The second-order valence-electron chi connectivity index (χ2n) is 6.09. The van der Waals surface area contributed by atoms with E-state index in [4.69, 9.17) is 5.11 Å². The fourth-order valence-corrected chi connectivity index (χ4v) is 3.42. The Morgan fingerprint density at radius 2 is 1.75 bits per heavy atom. The number of carboxylic acid groups (broad SMARTS) is 1. The first-order valence-corrected chi connectivity index (χ1v) is 7.89. The van der Waals surface area contributed by atoms with Crippen LogP contribution >= 0.6 is 0 Å². The van der Waals surface area contributed by atoms with E-state index in [2.05, 4.69) is 5.32 Å². The van der Waals surface area contributed by atoms with Gasteiger partial charge in [-0.15, -0.1) is 0 Å². The summed E-state index contributed by atoms with van der Waals surface area (Å²) >= 11 is 0. The molecule has 1 heterocycles. The van der Waals surface area contributed by atoms with Gasteiger partial charge in [-0.3, -0.25) is 9.59 Å². The van der Waals surface area contributed by atoms with Gasteiger partial charge in [0.25, 0.3) is 0 Å². The zero-order valence-electron chi connectivity index (χ0n) is 12.1. The lowest BCUT2D eigenvalue weighted by Gasteiger charge is -2.29. The van der Waals surface area contributed by atoms with Crippen LogP contribution in [0.3, 0.4) is 0 Å². The van der Waals surface area contributed by atoms with Crippen LogP contribution in [0.2, 0.25) is 0 Å². The van der Waals surface area contributed by atoms with Crippen LogP contribution in [-0.4, -0.2) is 47.6 Å². The number of carboxylic acids is 1. The Hall–Kier alpha value is -1.10. The van der Waals surface area contributed by atoms with Crippen molar-refractivity contribution in [2.24, 2.45) is 5.92 Å². The largest absolute Gasteiger partial charge is 0.480 e. The van der Waals surface area contributed by atoms with Crippen LogP contribution in [-0.2, 0) is 9.59 Å². The van der Waals surface area contributed by atoms with Gasteiger partial charge in [-0.25, -0.2) is 0 Å². The van der Waals surface area contributed by atoms with Crippen LogP contribution in [0.1, 0.15) is 51.4 Å². The summed E-state index contributed by atoms with van der Waals surface area (Å²) in [7, 11) is 0. The molecule has 0 atom stereocenters. The molecular formula is C15H26N2O3. The summed E-state index contributed by atoms with van der Waals surface area (Å²) < 4.78 is 0. The molecule has 114 valence electrons. The minimum absolute atomic E-state index is 0.0397. The molecule has 0 bridgehead atoms. The van der Waals surface area contributed by atoms with Crippen LogP contribution in [0, 0.1) is 5.92 Å². The summed E-state index contributed by atoms with van der Waals surface area (Å²) in [6.07, 6.45) is 7.84. The van der Waals surface area contributed by atoms with Gasteiger partial charge >= 0.3 is 5.97 Å². The van der Waals surface area contributed by atoms with Gasteiger partial charge in [0.05, 0.1) is 0 Å². The minimum atomic E-state index is -0.896. The van der Waals surface area contributed by atoms with Crippen LogP contribution in [0.4, 0.5) is 0 Å². The summed E-state index contributed by atoms with van der Waals surface area (Å²) in [5, 5.41) is 12.3. The average molecular weight is 282 g/mol. The molecule has 1 saturated carbocycles. The molecule has 5 heteroatoms. The fraction of sp³-hybridized carbons (Fsp3) is 0.867. The van der Waals surface area contributed by atoms with Crippen molar-refractivity contribution >= 4 is 11.9 Å². The van der Waals surface area contributed by atoms with E-state index in [0.29, 0.717) is 12.3 Å². The van der Waals surface area contributed by atoms with Crippen LogP contribution in [0.25, 0.3) is 0 Å². The second kappa shape index (κ2) is 7.62. The summed E-state index contributed by atoms with van der Waals surface area (Å²) in [5.41, 5.74) is 0. The van der Waals surface area contributed by atoms with E-state index in [1.807, 2.05) is 0 Å². The molecule has 1 aliphatic heterocycles. The van der Waals surface area contributed by atoms with Gasteiger partial charge in [0.1, 0.15) is 6.54 Å². The standard InChI is InChI=1S/C15H26N2O3/c18-14(6-5-12-7-9-16-10-8-12)17(11-15(19)20)13-3-1-2-4-13/h12-13,16H,1-11H2,(H,19,20). The third kappa shape index (κ3) is 4.47. The highest BCUT2D eigenvalue weighted by Crippen LogP contribution is 2.25. The number of carbonyl (C=O) groups is 2. The van der Waals surface area contributed by atoms with Crippen molar-refractivity contribution < 1.29 is 14.7 Å². The van der Waals surface area contributed by atoms with Crippen molar-refractivity contribution in [2.45, 2.75) is 57.4 Å². The predicted molar refractivity (Wildman–Crippen MR) is 76.4 cm³/mol. The number of hydrogen-bond donors (Lipinski definition) is 2. The highest BCUT2D eigenvalue weighted by Gasteiger charge is 2.28. The molecule has 2 fully saturated rings. The van der Waals surface area contributed by atoms with E-state index in [1.165, 1.54) is 0 Å². The number of hydrogen-bond acceptors (Lipinski definition) is 3. The molecule has 20 heavy (non-hydrogen) atoms. The molecule has 0 spiro atoms. The Morgan fingerprint density at radius 1 is 1.10 bits per heavy atom. The van der Waals surface area contributed by atoms with Crippen molar-refractivity contribution in [1.82, 2.24) is 10.2 Å². The van der Waals surface area contributed by atoms with E-state index < -0.39 is 5.97 Å². The maximum atomic E-state index is 12.4. The summed E-state index contributed by atoms with van der Waals surface area (Å²) in [4.78, 5) is 25.0. The van der Waals surface area contributed by atoms with Crippen molar-refractivity contribution in [3.8, 4) is 0 Å². The van der Waals surface area contributed by atoms with Crippen molar-refractivity contribution in [1.29, 1.82) is 0 Å². The van der Waals surface area contributed by atoms with E-state index in [-0.39, 0.29) is 18.5 Å². The smallest absolute Gasteiger partial charge is 0.323 e. The van der Waals surface area contributed by atoms with Crippen molar-refractivity contribution in [3.05, 3.63) is 0 Å². The first-order chi connectivity index (χ1) is 9.66. The molecule has 2 aliphatic rings. The van der Waals surface area contributed by atoms with Gasteiger partial charge < -0.3 is 15.3 Å². The third-order valence-electron chi connectivity index (χ3n) is 4.62. The highest BCUT2D eigenvalue weighted by molar-refractivity contribution is 5.81. The van der Waals surface area contributed by atoms with E-state index >= 15 is 0 Å². The third-order valence-corrected chi connectivity index (χ3v) is 4.62. The molecule has 0 aromatic rings. The Balaban J connectivity index is 1.83. The van der Waals surface area contributed by atoms with E-state index in [0.717, 1.165) is 58.0 Å². The first kappa shape index (κ1) is 15.3. The molecule has 0 unspecified atom stereocenters. The van der Waals surface area contributed by atoms with Crippen molar-refractivity contribution in [3.63, 3.8) is 0 Å². The Morgan fingerprint density at radius 3 is 2.35 bits per heavy atom. The maximum Gasteiger partial charge on any atom is 0.323 e. The summed E-state index contributed by atoms with van der Waals surface area (Å²) in [6, 6.07) is 0.159. The summed E-state index contributed by atoms with van der Waals surface area (Å²) in [6.45, 7) is 1.95. The molecule has 0 aromatic carbocycles. The lowest BCUT2D eigenvalue weighted by Crippen LogP contribution is -2.42. The number of carbonyl (C=O) groups excluding carboxylic acids is 1. The highest BCUT2D eigenvalue weighted by atomic mass is 16.4. The van der Waals surface area contributed by atoms with Gasteiger partial charge in [-0.05, 0) is 51.1 Å². The molecule has 1 saturated heterocycles. The van der Waals surface area contributed by atoms with Crippen LogP contribution in [0.15, 0.2) is 0 Å². The SMILES string of the molecule is O=C(O)CN(C(=O)CCC1CCNCC1)C1CCCC1. The molecule has 0 aromatic heterocycles. The number of aliphatic carboxylic acids is 1. The van der Waals surface area contributed by atoms with E-state index in [1.54, 1.807) is 4.90 Å². The molecular weight excluding hydrogens is 256 g/mol. The number of amides is 1. The van der Waals surface area contributed by atoms with Crippen LogP contribution in [0.5, 0.6) is 0 Å². The minimum Gasteiger partial charge on any atom is -0.480 e. The average Bonchev–Trinajstić information content (AvgIpc) is 2.97. The van der Waals surface area contributed by atoms with Gasteiger partial charge in [-0.2, -0.15) is 0 Å². The number of piperidine rings is 1. The zero-order chi connectivity index (χ0) is 14.4. The van der Waals surface area contributed by atoms with Crippen molar-refractivity contribution in [2.75, 3.05) is 19.6 Å². The fourth-order valence-electron chi connectivity index (χ4n) is 3.42. The van der Waals surface area contributed by atoms with Gasteiger partial charge in [-0.1, -0.05) is 12.8 Å². The van der Waals surface area contributed by atoms with Gasteiger partial charge in [0.15, 0.2) is 0 Å². The molecule has 2 N–H and O–H groups in total. The van der Waals surface area contributed by atoms with E-state index in [9.17, 15) is 9.59 Å². The van der Waals surface area contributed by atoms with Gasteiger partial charge in [0.2, 0.25) is 5.91 Å². The Kier molecular flexibility index (Phi) is 5.83. The molecule has 0 radical (unpaired) electrons. The number of nitrogens with one attached hydrogen (secondary N) is 1. The lowest BCUT2D eigenvalue weighted by molar-refractivity contribution is -0.146. The molecule has 1 amide bonds. The Bertz CT molecular complexity index is 334. The maximum absolute atomic E-state index is 12.4. The number of rotatable bonds is 6. The van der Waals surface area contributed by atoms with Gasteiger partial charge in [0, 0.05) is 12.5 Å². The monoisotopic (exact) mass is 282 g/mol. The lowest BCUT2D eigenvalue weighted by atomic mass is 9.93. The molecule has 5 nitrogen and oxygen atoms in total. The molecule has 2 rings (SSSR count). The zero-order valence-corrected chi connectivity index (χ0v) is 12.1. The quantitative estimate of drug-likeness (QED) is 0.777.